The van der Waals surface area contributed by atoms with Crippen LogP contribution < -0.4 is 4.74 Å². The van der Waals surface area contributed by atoms with Gasteiger partial charge >= 0.3 is 12.1 Å². The average Bonchev–Trinajstić information content (AvgIpc) is 2.84. The van der Waals surface area contributed by atoms with E-state index < -0.39 is 16.1 Å². The van der Waals surface area contributed by atoms with Crippen molar-refractivity contribution in [3.63, 3.8) is 0 Å². The molecule has 2 fully saturated rings. The highest BCUT2D eigenvalue weighted by Gasteiger charge is 2.26. The van der Waals surface area contributed by atoms with Crippen LogP contribution >= 0.6 is 0 Å². The number of likely N-dealkylation sites (tertiary alicyclic amines) is 1. The number of benzene rings is 1. The van der Waals surface area contributed by atoms with E-state index in [0.717, 1.165) is 24.0 Å². The molecule has 1 N–H and O–H groups in total. The summed E-state index contributed by atoms with van der Waals surface area (Å²) in [6.45, 7) is 3.01. The molecule has 3 heterocycles. The van der Waals surface area contributed by atoms with E-state index in [-0.39, 0.29) is 16.8 Å². The lowest BCUT2D eigenvalue weighted by atomic mass is 9.98. The van der Waals surface area contributed by atoms with Gasteiger partial charge in [0.05, 0.1) is 24.7 Å². The van der Waals surface area contributed by atoms with Gasteiger partial charge < -0.3 is 19.5 Å². The molecular formula is C21H26N4O6S. The second kappa shape index (κ2) is 9.80. The van der Waals surface area contributed by atoms with Crippen molar-refractivity contribution in [2.75, 3.05) is 46.0 Å². The molecule has 32 heavy (non-hydrogen) atoms. The number of carbonyl (C=O) groups is 1. The molecule has 2 saturated heterocycles. The predicted octanol–water partition coefficient (Wildman–Crippen LogP) is 1.93. The largest absolute Gasteiger partial charge is 0.465 e. The standard InChI is InChI=1S/C21H26N4O6S/c26-21(27)24-7-5-16(6-8-24)15-31-20-22-13-18(14-23-20)17-1-3-19(4-2-17)32(28,29)25-9-11-30-12-10-25/h1-4,13-14,16H,5-12,15H2,(H,26,27). The number of sulfonamides is 1. The first kappa shape index (κ1) is 22.4. The fourth-order valence-corrected chi connectivity index (χ4v) is 5.19. The summed E-state index contributed by atoms with van der Waals surface area (Å²) in [5, 5.41) is 9.01. The Labute approximate surface area is 186 Å². The van der Waals surface area contributed by atoms with Crippen molar-refractivity contribution in [2.45, 2.75) is 17.7 Å². The number of amides is 1. The fraction of sp³-hybridized carbons (Fsp3) is 0.476. The van der Waals surface area contributed by atoms with Gasteiger partial charge in [-0.15, -0.1) is 0 Å². The SMILES string of the molecule is O=C(O)N1CCC(COc2ncc(-c3ccc(S(=O)(=O)N4CCOCC4)cc3)cn2)CC1. The topological polar surface area (TPSA) is 122 Å². The summed E-state index contributed by atoms with van der Waals surface area (Å²) in [6, 6.07) is 6.93. The van der Waals surface area contributed by atoms with Crippen LogP contribution in [0.5, 0.6) is 6.01 Å². The van der Waals surface area contributed by atoms with Crippen LogP contribution in [-0.4, -0.2) is 84.8 Å². The van der Waals surface area contributed by atoms with Crippen LogP contribution in [0.3, 0.4) is 0 Å². The summed E-state index contributed by atoms with van der Waals surface area (Å²) in [6.07, 6.45) is 3.91. The van der Waals surface area contributed by atoms with Crippen LogP contribution in [0.15, 0.2) is 41.6 Å². The first-order chi connectivity index (χ1) is 15.4. The third-order valence-electron chi connectivity index (χ3n) is 5.76. The quantitative estimate of drug-likeness (QED) is 0.691. The van der Waals surface area contributed by atoms with Gasteiger partial charge in [0.2, 0.25) is 10.0 Å². The molecule has 10 nitrogen and oxygen atoms in total. The fourth-order valence-electron chi connectivity index (χ4n) is 3.78. The first-order valence-corrected chi connectivity index (χ1v) is 12.0. The van der Waals surface area contributed by atoms with Crippen LogP contribution in [0.2, 0.25) is 0 Å². The van der Waals surface area contributed by atoms with Gasteiger partial charge in [0.15, 0.2) is 0 Å². The highest BCUT2D eigenvalue weighted by atomic mass is 32.2. The molecule has 0 spiro atoms. The third kappa shape index (κ3) is 5.17. The van der Waals surface area contributed by atoms with Crippen molar-refractivity contribution in [3.8, 4) is 17.1 Å². The molecule has 2 aliphatic heterocycles. The number of hydrogen-bond acceptors (Lipinski definition) is 7. The zero-order valence-corrected chi connectivity index (χ0v) is 18.4. The summed E-state index contributed by atoms with van der Waals surface area (Å²) in [4.78, 5) is 21.1. The Morgan fingerprint density at radius 3 is 2.25 bits per heavy atom. The summed E-state index contributed by atoms with van der Waals surface area (Å²) in [5.74, 6) is 0.273. The first-order valence-electron chi connectivity index (χ1n) is 10.5. The van der Waals surface area contributed by atoms with Crippen LogP contribution in [0.4, 0.5) is 4.79 Å². The van der Waals surface area contributed by atoms with E-state index in [2.05, 4.69) is 9.97 Å². The van der Waals surface area contributed by atoms with Gasteiger partial charge in [-0.25, -0.2) is 23.2 Å². The third-order valence-corrected chi connectivity index (χ3v) is 7.67. The van der Waals surface area contributed by atoms with E-state index in [1.807, 2.05) is 0 Å². The van der Waals surface area contributed by atoms with Gasteiger partial charge in [0, 0.05) is 44.1 Å². The van der Waals surface area contributed by atoms with Gasteiger partial charge in [-0.3, -0.25) is 0 Å². The zero-order chi connectivity index (χ0) is 22.6. The molecule has 2 aliphatic rings. The smallest absolute Gasteiger partial charge is 0.407 e. The van der Waals surface area contributed by atoms with Gasteiger partial charge in [0.25, 0.3) is 0 Å². The maximum absolute atomic E-state index is 12.7. The molecule has 1 amide bonds. The summed E-state index contributed by atoms with van der Waals surface area (Å²) >= 11 is 0. The lowest BCUT2D eigenvalue weighted by molar-refractivity contribution is 0.0730. The minimum absolute atomic E-state index is 0.248. The summed E-state index contributed by atoms with van der Waals surface area (Å²) < 4.78 is 37.8. The summed E-state index contributed by atoms with van der Waals surface area (Å²) in [7, 11) is -3.53. The molecule has 2 aromatic rings. The van der Waals surface area contributed by atoms with Crippen molar-refractivity contribution < 1.29 is 27.8 Å². The number of carboxylic acid groups (broad SMARTS) is 1. The highest BCUT2D eigenvalue weighted by Crippen LogP contribution is 2.24. The molecule has 11 heteroatoms. The number of piperidine rings is 1. The predicted molar refractivity (Wildman–Crippen MR) is 115 cm³/mol. The van der Waals surface area contributed by atoms with E-state index in [0.29, 0.717) is 46.0 Å². The van der Waals surface area contributed by atoms with Crippen LogP contribution in [-0.2, 0) is 14.8 Å². The number of aromatic nitrogens is 2. The van der Waals surface area contributed by atoms with Crippen molar-refractivity contribution in [3.05, 3.63) is 36.7 Å². The van der Waals surface area contributed by atoms with Gasteiger partial charge in [-0.1, -0.05) is 12.1 Å². The van der Waals surface area contributed by atoms with Gasteiger partial charge in [-0.2, -0.15) is 4.31 Å². The maximum Gasteiger partial charge on any atom is 0.407 e. The lowest BCUT2D eigenvalue weighted by Gasteiger charge is -2.29. The minimum atomic E-state index is -3.53. The van der Waals surface area contributed by atoms with E-state index >= 15 is 0 Å². The van der Waals surface area contributed by atoms with Gasteiger partial charge in [0.1, 0.15) is 0 Å². The second-order valence-corrected chi connectivity index (χ2v) is 9.76. The normalized spacial score (nSPS) is 18.4. The number of rotatable bonds is 6. The number of morpholine rings is 1. The second-order valence-electron chi connectivity index (χ2n) is 7.82. The van der Waals surface area contributed by atoms with Crippen LogP contribution in [0.25, 0.3) is 11.1 Å². The molecular weight excluding hydrogens is 436 g/mol. The molecule has 0 radical (unpaired) electrons. The van der Waals surface area contributed by atoms with E-state index in [9.17, 15) is 13.2 Å². The lowest BCUT2D eigenvalue weighted by Crippen LogP contribution is -2.40. The van der Waals surface area contributed by atoms with Crippen molar-refractivity contribution in [1.82, 2.24) is 19.2 Å². The molecule has 4 rings (SSSR count). The molecule has 1 aromatic heterocycles. The van der Waals surface area contributed by atoms with E-state index in [1.165, 1.54) is 9.21 Å². The molecule has 0 unspecified atom stereocenters. The van der Waals surface area contributed by atoms with E-state index in [1.54, 1.807) is 36.7 Å². The van der Waals surface area contributed by atoms with E-state index in [4.69, 9.17) is 14.6 Å². The Kier molecular flexibility index (Phi) is 6.87. The molecule has 172 valence electrons. The van der Waals surface area contributed by atoms with Crippen molar-refractivity contribution in [1.29, 1.82) is 0 Å². The highest BCUT2D eigenvalue weighted by molar-refractivity contribution is 7.89. The van der Waals surface area contributed by atoms with Crippen molar-refractivity contribution in [2.24, 2.45) is 5.92 Å². The van der Waals surface area contributed by atoms with Crippen molar-refractivity contribution >= 4 is 16.1 Å². The minimum Gasteiger partial charge on any atom is -0.465 e. The zero-order valence-electron chi connectivity index (χ0n) is 17.6. The van der Waals surface area contributed by atoms with Crippen LogP contribution in [0, 0.1) is 5.92 Å². The van der Waals surface area contributed by atoms with Crippen LogP contribution in [0.1, 0.15) is 12.8 Å². The monoisotopic (exact) mass is 462 g/mol. The maximum atomic E-state index is 12.7. The number of hydrogen-bond donors (Lipinski definition) is 1. The Bertz CT molecular complexity index is 1020. The molecule has 0 aliphatic carbocycles. The average molecular weight is 463 g/mol. The number of ether oxygens (including phenoxy) is 2. The van der Waals surface area contributed by atoms with Gasteiger partial charge in [-0.05, 0) is 36.5 Å². The molecule has 0 bridgehead atoms. The Balaban J connectivity index is 1.33. The molecule has 0 saturated carbocycles. The molecule has 0 atom stereocenters. The number of nitrogens with zero attached hydrogens (tertiary/aromatic N) is 4. The Morgan fingerprint density at radius 2 is 1.66 bits per heavy atom. The summed E-state index contributed by atoms with van der Waals surface area (Å²) in [5.41, 5.74) is 1.56. The molecule has 1 aromatic carbocycles. The Hall–Kier alpha value is -2.76. The Morgan fingerprint density at radius 1 is 1.03 bits per heavy atom.